The molecule has 0 radical (unpaired) electrons. The van der Waals surface area contributed by atoms with Crippen LogP contribution < -0.4 is 11.3 Å². The second-order valence-corrected chi connectivity index (χ2v) is 6.61. The Bertz CT molecular complexity index is 1250. The van der Waals surface area contributed by atoms with E-state index in [1.54, 1.807) is 24.5 Å². The van der Waals surface area contributed by atoms with Gasteiger partial charge >= 0.3 is 0 Å². The minimum absolute atomic E-state index is 0.382. The first-order chi connectivity index (χ1) is 14.1. The van der Waals surface area contributed by atoms with Gasteiger partial charge < -0.3 is 0 Å². The summed E-state index contributed by atoms with van der Waals surface area (Å²) in [5.74, 6) is 11.3. The van der Waals surface area contributed by atoms with E-state index in [0.29, 0.717) is 22.2 Å². The molecule has 0 spiro atoms. The number of carbonyl (C=O) groups excluding carboxylic acids is 1. The van der Waals surface area contributed by atoms with E-state index < -0.39 is 0 Å². The molecule has 0 unspecified atom stereocenters. The van der Waals surface area contributed by atoms with E-state index >= 15 is 0 Å². The minimum Gasteiger partial charge on any atom is -0.290 e. The summed E-state index contributed by atoms with van der Waals surface area (Å²) in [6.07, 6.45) is 3.26. The smallest absolute Gasteiger partial charge is 0.265 e. The van der Waals surface area contributed by atoms with Gasteiger partial charge in [0, 0.05) is 34.5 Å². The first kappa shape index (κ1) is 18.4. The normalized spacial score (nSPS) is 10.3. The number of nitrogen functional groups attached to an aromatic ring is 1. The number of hydrazine groups is 1. The van der Waals surface area contributed by atoms with Gasteiger partial charge in [-0.25, -0.2) is 10.8 Å². The average molecular weight is 378 g/mol. The number of carbonyl (C=O) groups is 1. The first-order valence-corrected chi connectivity index (χ1v) is 9.09. The van der Waals surface area contributed by atoms with Gasteiger partial charge in [0.05, 0.1) is 16.8 Å². The van der Waals surface area contributed by atoms with Crippen LogP contribution in [0.25, 0.3) is 22.2 Å². The van der Waals surface area contributed by atoms with E-state index in [1.807, 2.05) is 48.5 Å². The van der Waals surface area contributed by atoms with Gasteiger partial charge in [-0.1, -0.05) is 41.7 Å². The molecule has 0 atom stereocenters. The number of aromatic nitrogens is 2. The second-order valence-electron chi connectivity index (χ2n) is 6.61. The number of aryl methyl sites for hydroxylation is 1. The first-order valence-electron chi connectivity index (χ1n) is 9.09. The number of rotatable bonds is 2. The maximum absolute atomic E-state index is 12.2. The van der Waals surface area contributed by atoms with Gasteiger partial charge in [0.2, 0.25) is 0 Å². The van der Waals surface area contributed by atoms with Crippen LogP contribution in [0, 0.1) is 18.8 Å². The lowest BCUT2D eigenvalue weighted by Crippen LogP contribution is -2.30. The van der Waals surface area contributed by atoms with Crippen LogP contribution in [0.4, 0.5) is 0 Å². The van der Waals surface area contributed by atoms with Crippen molar-refractivity contribution < 1.29 is 4.79 Å². The maximum atomic E-state index is 12.2. The lowest BCUT2D eigenvalue weighted by atomic mass is 10.0. The molecule has 4 rings (SSSR count). The lowest BCUT2D eigenvalue weighted by Gasteiger charge is -2.08. The van der Waals surface area contributed by atoms with E-state index in [-0.39, 0.29) is 5.91 Å². The van der Waals surface area contributed by atoms with Crippen LogP contribution in [0.5, 0.6) is 0 Å². The van der Waals surface area contributed by atoms with Gasteiger partial charge in [0.25, 0.3) is 5.91 Å². The molecule has 140 valence electrons. The van der Waals surface area contributed by atoms with Crippen LogP contribution in [-0.4, -0.2) is 15.9 Å². The predicted octanol–water partition coefficient (Wildman–Crippen LogP) is 3.61. The SMILES string of the molecule is Cc1ccc(C#Cc2ccc(-c3cc(C(=O)NN)c4cnccc4n3)cc2)cc1. The quantitative estimate of drug-likeness (QED) is 0.242. The molecule has 2 aromatic carbocycles. The summed E-state index contributed by atoms with van der Waals surface area (Å²) in [6, 6.07) is 19.4. The highest BCUT2D eigenvalue weighted by molar-refractivity contribution is 6.06. The number of benzene rings is 2. The van der Waals surface area contributed by atoms with Crippen LogP contribution in [0.15, 0.2) is 73.1 Å². The van der Waals surface area contributed by atoms with Crippen LogP contribution in [0.1, 0.15) is 27.0 Å². The molecule has 5 heteroatoms. The largest absolute Gasteiger partial charge is 0.290 e. The van der Waals surface area contributed by atoms with E-state index in [2.05, 4.69) is 34.2 Å². The number of fused-ring (bicyclic) bond motifs is 1. The van der Waals surface area contributed by atoms with Gasteiger partial charge in [-0.15, -0.1) is 0 Å². The summed E-state index contributed by atoms with van der Waals surface area (Å²) < 4.78 is 0. The molecule has 0 aliphatic rings. The molecule has 29 heavy (non-hydrogen) atoms. The molecule has 5 nitrogen and oxygen atoms in total. The average Bonchev–Trinajstić information content (AvgIpc) is 2.78. The Morgan fingerprint density at radius 2 is 1.62 bits per heavy atom. The molecule has 0 aliphatic heterocycles. The van der Waals surface area contributed by atoms with Crippen molar-refractivity contribution in [2.75, 3.05) is 0 Å². The Hall–Kier alpha value is -4.01. The Balaban J connectivity index is 1.68. The minimum atomic E-state index is -0.382. The fourth-order valence-corrected chi connectivity index (χ4v) is 2.99. The zero-order chi connectivity index (χ0) is 20.2. The molecule has 3 N–H and O–H groups in total. The number of nitrogens with two attached hydrogens (primary N) is 1. The lowest BCUT2D eigenvalue weighted by molar-refractivity contribution is 0.0955. The Morgan fingerprint density at radius 1 is 0.966 bits per heavy atom. The van der Waals surface area contributed by atoms with Crippen molar-refractivity contribution in [1.29, 1.82) is 0 Å². The Morgan fingerprint density at radius 3 is 2.28 bits per heavy atom. The van der Waals surface area contributed by atoms with Crippen molar-refractivity contribution in [2.45, 2.75) is 6.92 Å². The summed E-state index contributed by atoms with van der Waals surface area (Å²) in [5.41, 5.74) is 7.95. The number of hydrogen-bond donors (Lipinski definition) is 2. The third kappa shape index (κ3) is 3.98. The Labute approximate surface area is 168 Å². The van der Waals surface area contributed by atoms with Crippen molar-refractivity contribution in [3.8, 4) is 23.1 Å². The number of nitrogens with zero attached hydrogens (tertiary/aromatic N) is 2. The second kappa shape index (κ2) is 7.93. The summed E-state index contributed by atoms with van der Waals surface area (Å²) in [5, 5.41) is 0.653. The van der Waals surface area contributed by atoms with Crippen molar-refractivity contribution in [2.24, 2.45) is 5.84 Å². The number of pyridine rings is 2. The van der Waals surface area contributed by atoms with Crippen LogP contribution in [0.2, 0.25) is 0 Å². The van der Waals surface area contributed by atoms with Gasteiger partial charge in [-0.05, 0) is 43.3 Å². The molecule has 2 aromatic heterocycles. The molecule has 0 saturated heterocycles. The van der Waals surface area contributed by atoms with Crippen molar-refractivity contribution in [3.05, 3.63) is 95.3 Å². The molecule has 2 heterocycles. The highest BCUT2D eigenvalue weighted by atomic mass is 16.2. The number of amides is 1. The maximum Gasteiger partial charge on any atom is 0.265 e. The van der Waals surface area contributed by atoms with Gasteiger partial charge in [-0.3, -0.25) is 15.2 Å². The highest BCUT2D eigenvalue weighted by Crippen LogP contribution is 2.24. The van der Waals surface area contributed by atoms with Gasteiger partial charge in [0.15, 0.2) is 0 Å². The zero-order valence-corrected chi connectivity index (χ0v) is 15.8. The number of nitrogens with one attached hydrogen (secondary N) is 1. The topological polar surface area (TPSA) is 80.9 Å². The molecule has 4 aromatic rings. The standard InChI is InChI=1S/C24H18N4O/c1-16-2-4-17(5-3-16)6-7-18-8-10-19(11-9-18)23-14-20(24(29)28-25)21-15-26-13-12-22(21)27-23/h2-5,8-15H,25H2,1H3,(H,28,29). The fourth-order valence-electron chi connectivity index (χ4n) is 2.99. The molecule has 0 fully saturated rings. The third-order valence-corrected chi connectivity index (χ3v) is 4.57. The fraction of sp³-hybridized carbons (Fsp3) is 0.0417. The molecular weight excluding hydrogens is 360 g/mol. The summed E-state index contributed by atoms with van der Waals surface area (Å²) >= 11 is 0. The molecule has 1 amide bonds. The molecular formula is C24H18N4O. The molecule has 0 saturated carbocycles. The van der Waals surface area contributed by atoms with Crippen LogP contribution in [0.3, 0.4) is 0 Å². The van der Waals surface area contributed by atoms with Crippen molar-refractivity contribution >= 4 is 16.8 Å². The summed E-state index contributed by atoms with van der Waals surface area (Å²) in [6.45, 7) is 2.05. The van der Waals surface area contributed by atoms with Crippen LogP contribution >= 0.6 is 0 Å². The van der Waals surface area contributed by atoms with E-state index in [9.17, 15) is 4.79 Å². The predicted molar refractivity (Wildman–Crippen MR) is 114 cm³/mol. The van der Waals surface area contributed by atoms with E-state index in [4.69, 9.17) is 5.84 Å². The van der Waals surface area contributed by atoms with Gasteiger partial charge in [0.1, 0.15) is 0 Å². The van der Waals surface area contributed by atoms with E-state index in [0.717, 1.165) is 16.7 Å². The van der Waals surface area contributed by atoms with Crippen molar-refractivity contribution in [3.63, 3.8) is 0 Å². The molecule has 0 aliphatic carbocycles. The third-order valence-electron chi connectivity index (χ3n) is 4.57. The summed E-state index contributed by atoms with van der Waals surface area (Å²) in [7, 11) is 0. The summed E-state index contributed by atoms with van der Waals surface area (Å²) in [4.78, 5) is 20.9. The zero-order valence-electron chi connectivity index (χ0n) is 15.8. The Kier molecular flexibility index (Phi) is 5.02. The van der Waals surface area contributed by atoms with E-state index in [1.165, 1.54) is 5.56 Å². The van der Waals surface area contributed by atoms with Gasteiger partial charge in [-0.2, -0.15) is 0 Å². The van der Waals surface area contributed by atoms with Crippen LogP contribution in [-0.2, 0) is 0 Å². The monoisotopic (exact) mass is 378 g/mol. The van der Waals surface area contributed by atoms with Crippen molar-refractivity contribution in [1.82, 2.24) is 15.4 Å². The molecule has 0 bridgehead atoms. The number of hydrogen-bond acceptors (Lipinski definition) is 4. The highest BCUT2D eigenvalue weighted by Gasteiger charge is 2.13.